The zero-order valence-electron chi connectivity index (χ0n) is 16.8. The number of likely N-dealkylation sites (N-methyl/N-ethyl adjacent to an activating group) is 1. The Kier molecular flexibility index (Phi) is 6.28. The highest BCUT2D eigenvalue weighted by Crippen LogP contribution is 2.30. The van der Waals surface area contributed by atoms with E-state index < -0.39 is 41.2 Å². The summed E-state index contributed by atoms with van der Waals surface area (Å²) in [7, 11) is 1.30. The second kappa shape index (κ2) is 8.77. The van der Waals surface area contributed by atoms with E-state index in [1.807, 2.05) is 0 Å². The van der Waals surface area contributed by atoms with Gasteiger partial charge >= 0.3 is 6.18 Å². The van der Waals surface area contributed by atoms with Gasteiger partial charge in [-0.25, -0.2) is 13.5 Å². The van der Waals surface area contributed by atoms with Crippen molar-refractivity contribution in [1.82, 2.24) is 20.4 Å². The Morgan fingerprint density at radius 1 is 1.06 bits per heavy atom. The summed E-state index contributed by atoms with van der Waals surface area (Å²) < 4.78 is 67.0. The SMILES string of the molecule is CNC(=O)C(NC(=O)c1cnn(-c2cccc(C(F)(F)F)c2)c1C)c1ccc(F)c(F)c1. The zero-order chi connectivity index (χ0) is 23.6. The molecule has 1 heterocycles. The van der Waals surface area contributed by atoms with Crippen LogP contribution in [-0.2, 0) is 11.0 Å². The predicted molar refractivity (Wildman–Crippen MR) is 104 cm³/mol. The van der Waals surface area contributed by atoms with Crippen LogP contribution in [0, 0.1) is 18.6 Å². The summed E-state index contributed by atoms with van der Waals surface area (Å²) in [4.78, 5) is 25.0. The van der Waals surface area contributed by atoms with Crippen LogP contribution in [-0.4, -0.2) is 28.6 Å². The van der Waals surface area contributed by atoms with E-state index >= 15 is 0 Å². The quantitative estimate of drug-likeness (QED) is 0.580. The molecule has 2 aromatic carbocycles. The van der Waals surface area contributed by atoms with Crippen LogP contribution >= 0.6 is 0 Å². The molecule has 0 saturated heterocycles. The number of nitrogens with zero attached hydrogens (tertiary/aromatic N) is 2. The van der Waals surface area contributed by atoms with E-state index in [2.05, 4.69) is 15.7 Å². The highest BCUT2D eigenvalue weighted by Gasteiger charge is 2.31. The average Bonchev–Trinajstić information content (AvgIpc) is 3.14. The molecule has 1 atom stereocenters. The molecule has 6 nitrogen and oxygen atoms in total. The van der Waals surface area contributed by atoms with Crippen LogP contribution in [0.3, 0.4) is 0 Å². The fourth-order valence-electron chi connectivity index (χ4n) is 3.05. The fourth-order valence-corrected chi connectivity index (χ4v) is 3.05. The summed E-state index contributed by atoms with van der Waals surface area (Å²) in [6, 6.07) is 5.81. The Balaban J connectivity index is 1.92. The van der Waals surface area contributed by atoms with Crippen molar-refractivity contribution < 1.29 is 31.5 Å². The van der Waals surface area contributed by atoms with E-state index in [9.17, 15) is 31.5 Å². The number of halogens is 5. The normalized spacial score (nSPS) is 12.3. The van der Waals surface area contributed by atoms with Crippen molar-refractivity contribution in [3.63, 3.8) is 0 Å². The maximum absolute atomic E-state index is 13.6. The number of hydrogen-bond donors (Lipinski definition) is 2. The molecule has 168 valence electrons. The van der Waals surface area contributed by atoms with Crippen LogP contribution in [0.5, 0.6) is 0 Å². The standard InChI is InChI=1S/C21H17F5N4O2/c1-11-15(10-28-30(11)14-5-3-4-13(9-14)21(24,25)26)19(31)29-18(20(32)27-2)12-6-7-16(22)17(23)8-12/h3-10,18H,1-2H3,(H,27,32)(H,29,31). The van der Waals surface area contributed by atoms with Gasteiger partial charge in [-0.3, -0.25) is 9.59 Å². The smallest absolute Gasteiger partial charge is 0.357 e. The first-order chi connectivity index (χ1) is 15.0. The molecule has 2 amide bonds. The lowest BCUT2D eigenvalue weighted by molar-refractivity contribution is -0.137. The molecule has 2 N–H and O–H groups in total. The van der Waals surface area contributed by atoms with E-state index in [-0.39, 0.29) is 22.5 Å². The van der Waals surface area contributed by atoms with Crippen LogP contribution in [0.15, 0.2) is 48.7 Å². The molecule has 0 spiro atoms. The van der Waals surface area contributed by atoms with Gasteiger partial charge in [0, 0.05) is 7.05 Å². The van der Waals surface area contributed by atoms with Crippen LogP contribution in [0.1, 0.15) is 33.2 Å². The van der Waals surface area contributed by atoms with Crippen molar-refractivity contribution in [2.24, 2.45) is 0 Å². The van der Waals surface area contributed by atoms with Gasteiger partial charge in [-0.2, -0.15) is 18.3 Å². The minimum absolute atomic E-state index is 0.000441. The second-order valence-electron chi connectivity index (χ2n) is 6.80. The Bertz CT molecular complexity index is 1170. The molecular weight excluding hydrogens is 435 g/mol. The lowest BCUT2D eigenvalue weighted by Crippen LogP contribution is -2.39. The molecular formula is C21H17F5N4O2. The molecule has 0 fully saturated rings. The van der Waals surface area contributed by atoms with Crippen molar-refractivity contribution >= 4 is 11.8 Å². The predicted octanol–water partition coefficient (Wildman–Crippen LogP) is 3.69. The highest BCUT2D eigenvalue weighted by atomic mass is 19.4. The first kappa shape index (κ1) is 22.9. The Morgan fingerprint density at radius 3 is 2.41 bits per heavy atom. The molecule has 0 radical (unpaired) electrons. The van der Waals surface area contributed by atoms with Crippen LogP contribution in [0.2, 0.25) is 0 Å². The number of rotatable bonds is 5. The molecule has 0 saturated carbocycles. The fraction of sp³-hybridized carbons (Fsp3) is 0.190. The van der Waals surface area contributed by atoms with Gasteiger partial charge in [0.05, 0.1) is 28.7 Å². The summed E-state index contributed by atoms with van der Waals surface area (Å²) in [5.41, 5.74) is -0.602. The van der Waals surface area contributed by atoms with Gasteiger partial charge in [0.2, 0.25) is 5.91 Å². The number of carbonyl (C=O) groups is 2. The molecule has 0 aliphatic heterocycles. The van der Waals surface area contributed by atoms with E-state index in [4.69, 9.17) is 0 Å². The lowest BCUT2D eigenvalue weighted by Gasteiger charge is -2.18. The number of amides is 2. The van der Waals surface area contributed by atoms with Crippen molar-refractivity contribution in [2.45, 2.75) is 19.1 Å². The second-order valence-corrected chi connectivity index (χ2v) is 6.80. The summed E-state index contributed by atoms with van der Waals surface area (Å²) in [6.07, 6.45) is -3.42. The summed E-state index contributed by atoms with van der Waals surface area (Å²) in [5, 5.41) is 8.72. The van der Waals surface area contributed by atoms with Crippen LogP contribution in [0.25, 0.3) is 5.69 Å². The third kappa shape index (κ3) is 4.61. The van der Waals surface area contributed by atoms with E-state index in [1.165, 1.54) is 26.1 Å². The van der Waals surface area contributed by atoms with Gasteiger partial charge in [-0.05, 0) is 42.8 Å². The van der Waals surface area contributed by atoms with Gasteiger partial charge in [-0.15, -0.1) is 0 Å². The maximum atomic E-state index is 13.6. The minimum atomic E-state index is -4.55. The molecule has 11 heteroatoms. The number of aromatic nitrogens is 2. The van der Waals surface area contributed by atoms with E-state index in [1.54, 1.807) is 0 Å². The Labute approximate surface area is 179 Å². The minimum Gasteiger partial charge on any atom is -0.357 e. The van der Waals surface area contributed by atoms with Gasteiger partial charge in [-0.1, -0.05) is 12.1 Å². The molecule has 1 unspecified atom stereocenters. The van der Waals surface area contributed by atoms with Crippen molar-refractivity contribution in [2.75, 3.05) is 7.05 Å². The first-order valence-electron chi connectivity index (χ1n) is 9.22. The summed E-state index contributed by atoms with van der Waals surface area (Å²) >= 11 is 0. The van der Waals surface area contributed by atoms with E-state index in [0.717, 1.165) is 41.2 Å². The highest BCUT2D eigenvalue weighted by molar-refractivity contribution is 5.98. The molecule has 3 rings (SSSR count). The average molecular weight is 452 g/mol. The maximum Gasteiger partial charge on any atom is 0.416 e. The van der Waals surface area contributed by atoms with Gasteiger partial charge in [0.25, 0.3) is 5.91 Å². The molecule has 3 aromatic rings. The third-order valence-electron chi connectivity index (χ3n) is 4.73. The number of benzene rings is 2. The number of alkyl halides is 3. The topological polar surface area (TPSA) is 76.0 Å². The molecule has 0 bridgehead atoms. The zero-order valence-corrected chi connectivity index (χ0v) is 16.8. The molecule has 0 aliphatic carbocycles. The van der Waals surface area contributed by atoms with Gasteiger partial charge < -0.3 is 10.6 Å². The van der Waals surface area contributed by atoms with Crippen LogP contribution in [0.4, 0.5) is 22.0 Å². The number of hydrogen-bond acceptors (Lipinski definition) is 3. The number of nitrogens with one attached hydrogen (secondary N) is 2. The van der Waals surface area contributed by atoms with Crippen molar-refractivity contribution in [1.29, 1.82) is 0 Å². The largest absolute Gasteiger partial charge is 0.416 e. The summed E-state index contributed by atoms with van der Waals surface area (Å²) in [6.45, 7) is 1.47. The lowest BCUT2D eigenvalue weighted by atomic mass is 10.0. The van der Waals surface area contributed by atoms with Crippen molar-refractivity contribution in [3.05, 3.63) is 82.7 Å². The van der Waals surface area contributed by atoms with Gasteiger partial charge in [0.1, 0.15) is 6.04 Å². The first-order valence-corrected chi connectivity index (χ1v) is 9.22. The Morgan fingerprint density at radius 2 is 1.78 bits per heavy atom. The van der Waals surface area contributed by atoms with Gasteiger partial charge in [0.15, 0.2) is 11.6 Å². The molecule has 1 aromatic heterocycles. The molecule has 32 heavy (non-hydrogen) atoms. The third-order valence-corrected chi connectivity index (χ3v) is 4.73. The Hall–Kier alpha value is -3.76. The van der Waals surface area contributed by atoms with Crippen LogP contribution < -0.4 is 10.6 Å². The van der Waals surface area contributed by atoms with E-state index in [0.29, 0.717) is 0 Å². The molecule has 0 aliphatic rings. The monoisotopic (exact) mass is 452 g/mol. The number of carbonyl (C=O) groups excluding carboxylic acids is 2. The van der Waals surface area contributed by atoms with Crippen molar-refractivity contribution in [3.8, 4) is 5.69 Å². The summed E-state index contributed by atoms with van der Waals surface area (Å²) in [5.74, 6) is -3.78.